The fourth-order valence-corrected chi connectivity index (χ4v) is 2.96. The van der Waals surface area contributed by atoms with Crippen molar-refractivity contribution in [3.63, 3.8) is 0 Å². The van der Waals surface area contributed by atoms with E-state index in [1.807, 2.05) is 36.1 Å². The van der Waals surface area contributed by atoms with Gasteiger partial charge in [0.2, 0.25) is 0 Å². The van der Waals surface area contributed by atoms with Gasteiger partial charge in [0.1, 0.15) is 18.2 Å². The van der Waals surface area contributed by atoms with Crippen LogP contribution in [0, 0.1) is 12.7 Å². The Morgan fingerprint density at radius 3 is 2.48 bits per heavy atom. The smallest absolute Gasteiger partial charge is 0.253 e. The summed E-state index contributed by atoms with van der Waals surface area (Å²) in [5.41, 5.74) is 1.86. The Labute approximate surface area is 147 Å². The lowest BCUT2D eigenvalue weighted by Crippen LogP contribution is -2.49. The third kappa shape index (κ3) is 4.79. The molecule has 4 nitrogen and oxygen atoms in total. The van der Waals surface area contributed by atoms with Gasteiger partial charge in [0, 0.05) is 38.3 Å². The predicted octanol–water partition coefficient (Wildman–Crippen LogP) is 2.97. The molecule has 2 aromatic carbocycles. The molecule has 1 heterocycles. The second-order valence-corrected chi connectivity index (χ2v) is 6.31. The summed E-state index contributed by atoms with van der Waals surface area (Å²) >= 11 is 0. The number of carbonyl (C=O) groups is 1. The van der Waals surface area contributed by atoms with E-state index in [9.17, 15) is 9.18 Å². The maximum absolute atomic E-state index is 12.9. The maximum Gasteiger partial charge on any atom is 0.253 e. The summed E-state index contributed by atoms with van der Waals surface area (Å²) in [6.07, 6.45) is 0. The van der Waals surface area contributed by atoms with Crippen LogP contribution in [0.5, 0.6) is 5.75 Å². The molecule has 0 N–H and O–H groups in total. The van der Waals surface area contributed by atoms with Crippen LogP contribution in [0.4, 0.5) is 4.39 Å². The first-order valence-corrected chi connectivity index (χ1v) is 8.58. The number of nitrogens with zero attached hydrogens (tertiary/aromatic N) is 2. The second kappa shape index (κ2) is 8.12. The first-order chi connectivity index (χ1) is 12.1. The number of rotatable bonds is 5. The monoisotopic (exact) mass is 342 g/mol. The van der Waals surface area contributed by atoms with Crippen LogP contribution in [0.1, 0.15) is 15.9 Å². The molecular weight excluding hydrogens is 319 g/mol. The number of benzene rings is 2. The van der Waals surface area contributed by atoms with Crippen LogP contribution >= 0.6 is 0 Å². The lowest BCUT2D eigenvalue weighted by molar-refractivity contribution is 0.0620. The fraction of sp³-hybridized carbons (Fsp3) is 0.350. The lowest BCUT2D eigenvalue weighted by Gasteiger charge is -2.34. The van der Waals surface area contributed by atoms with Gasteiger partial charge in [0.15, 0.2) is 0 Å². The average Bonchev–Trinajstić information content (AvgIpc) is 2.63. The Hall–Kier alpha value is -2.40. The topological polar surface area (TPSA) is 32.8 Å². The summed E-state index contributed by atoms with van der Waals surface area (Å²) in [4.78, 5) is 16.7. The number of hydrogen-bond acceptors (Lipinski definition) is 3. The molecule has 2 aromatic rings. The van der Waals surface area contributed by atoms with Gasteiger partial charge in [-0.1, -0.05) is 17.7 Å². The van der Waals surface area contributed by atoms with Gasteiger partial charge < -0.3 is 9.64 Å². The summed E-state index contributed by atoms with van der Waals surface area (Å²) in [5, 5.41) is 0. The number of carbonyl (C=O) groups excluding carboxylic acids is 1. The van der Waals surface area contributed by atoms with Crippen LogP contribution in [0.25, 0.3) is 0 Å². The largest absolute Gasteiger partial charge is 0.492 e. The van der Waals surface area contributed by atoms with E-state index in [2.05, 4.69) is 4.90 Å². The van der Waals surface area contributed by atoms with Crippen molar-refractivity contribution < 1.29 is 13.9 Å². The van der Waals surface area contributed by atoms with Crippen molar-refractivity contribution in [2.24, 2.45) is 0 Å². The van der Waals surface area contributed by atoms with Gasteiger partial charge in [-0.05, 0) is 43.3 Å². The summed E-state index contributed by atoms with van der Waals surface area (Å²) in [6.45, 7) is 6.47. The lowest BCUT2D eigenvalue weighted by atomic mass is 10.1. The molecule has 0 aliphatic carbocycles. The van der Waals surface area contributed by atoms with E-state index in [-0.39, 0.29) is 11.7 Å². The molecule has 1 amide bonds. The highest BCUT2D eigenvalue weighted by molar-refractivity contribution is 5.94. The third-order valence-corrected chi connectivity index (χ3v) is 4.41. The molecule has 0 atom stereocenters. The van der Waals surface area contributed by atoms with Gasteiger partial charge in [-0.15, -0.1) is 0 Å². The molecule has 5 heteroatoms. The van der Waals surface area contributed by atoms with Crippen LogP contribution in [0.3, 0.4) is 0 Å². The van der Waals surface area contributed by atoms with Crippen molar-refractivity contribution in [2.75, 3.05) is 39.3 Å². The van der Waals surface area contributed by atoms with Crippen LogP contribution in [-0.4, -0.2) is 55.0 Å². The van der Waals surface area contributed by atoms with Gasteiger partial charge in [-0.3, -0.25) is 9.69 Å². The number of hydrogen-bond donors (Lipinski definition) is 0. The molecule has 0 bridgehead atoms. The van der Waals surface area contributed by atoms with Crippen molar-refractivity contribution in [3.8, 4) is 5.75 Å². The van der Waals surface area contributed by atoms with Crippen LogP contribution in [-0.2, 0) is 0 Å². The van der Waals surface area contributed by atoms with Gasteiger partial charge in [-0.25, -0.2) is 4.39 Å². The van der Waals surface area contributed by atoms with Gasteiger partial charge in [0.05, 0.1) is 0 Å². The van der Waals surface area contributed by atoms with Gasteiger partial charge in [0.25, 0.3) is 5.91 Å². The van der Waals surface area contributed by atoms with Crippen LogP contribution in [0.2, 0.25) is 0 Å². The van der Waals surface area contributed by atoms with Crippen LogP contribution < -0.4 is 4.74 Å². The Morgan fingerprint density at radius 1 is 1.08 bits per heavy atom. The number of halogens is 1. The first-order valence-electron chi connectivity index (χ1n) is 8.58. The molecule has 1 aliphatic heterocycles. The Bertz CT molecular complexity index is 710. The fourth-order valence-electron chi connectivity index (χ4n) is 2.96. The van der Waals surface area contributed by atoms with Crippen molar-refractivity contribution >= 4 is 5.91 Å². The maximum atomic E-state index is 12.9. The normalized spacial score (nSPS) is 15.2. The van der Waals surface area contributed by atoms with E-state index >= 15 is 0 Å². The second-order valence-electron chi connectivity index (χ2n) is 6.31. The first kappa shape index (κ1) is 17.4. The minimum atomic E-state index is -0.262. The van der Waals surface area contributed by atoms with E-state index in [1.54, 1.807) is 12.1 Å². The molecule has 1 fully saturated rings. The molecule has 0 radical (unpaired) electrons. The molecular formula is C20H23FN2O2. The molecule has 1 saturated heterocycles. The van der Waals surface area contributed by atoms with Crippen LogP contribution in [0.15, 0.2) is 48.5 Å². The molecule has 0 saturated carbocycles. The minimum absolute atomic E-state index is 0.103. The van der Waals surface area contributed by atoms with Gasteiger partial charge in [-0.2, -0.15) is 0 Å². The summed E-state index contributed by atoms with van der Waals surface area (Å²) in [5.74, 6) is 0.516. The highest BCUT2D eigenvalue weighted by Gasteiger charge is 2.21. The van der Waals surface area contributed by atoms with Gasteiger partial charge >= 0.3 is 0 Å². The predicted molar refractivity (Wildman–Crippen MR) is 95.4 cm³/mol. The van der Waals surface area contributed by atoms with Crippen molar-refractivity contribution in [1.29, 1.82) is 0 Å². The zero-order valence-electron chi connectivity index (χ0n) is 14.5. The highest BCUT2D eigenvalue weighted by atomic mass is 19.1. The van der Waals surface area contributed by atoms with E-state index < -0.39 is 0 Å². The molecule has 1 aliphatic rings. The van der Waals surface area contributed by atoms with Crippen molar-refractivity contribution in [3.05, 3.63) is 65.5 Å². The molecule has 0 aromatic heterocycles. The zero-order valence-corrected chi connectivity index (χ0v) is 14.5. The molecule has 0 spiro atoms. The van der Waals surface area contributed by atoms with Crippen molar-refractivity contribution in [1.82, 2.24) is 9.80 Å². The van der Waals surface area contributed by atoms with E-state index in [0.717, 1.165) is 43.9 Å². The number of aryl methyl sites for hydroxylation is 1. The SMILES string of the molecule is Cc1cccc(C(=O)N2CCN(CCOc3ccc(F)cc3)CC2)c1. The number of ether oxygens (including phenoxy) is 1. The minimum Gasteiger partial charge on any atom is -0.492 e. The Balaban J connectivity index is 1.42. The molecule has 25 heavy (non-hydrogen) atoms. The molecule has 3 rings (SSSR count). The summed E-state index contributed by atoms with van der Waals surface area (Å²) < 4.78 is 18.5. The molecule has 0 unspecified atom stereocenters. The molecule has 132 valence electrons. The quantitative estimate of drug-likeness (QED) is 0.837. The van der Waals surface area contributed by atoms with E-state index in [1.165, 1.54) is 12.1 Å². The summed E-state index contributed by atoms with van der Waals surface area (Å²) in [7, 11) is 0. The standard InChI is InChI=1S/C20H23FN2O2/c1-16-3-2-4-17(15-16)20(24)23-11-9-22(10-12-23)13-14-25-19-7-5-18(21)6-8-19/h2-8,15H,9-14H2,1H3. The highest BCUT2D eigenvalue weighted by Crippen LogP contribution is 2.12. The zero-order chi connectivity index (χ0) is 17.6. The third-order valence-electron chi connectivity index (χ3n) is 4.41. The average molecular weight is 342 g/mol. The number of piperazine rings is 1. The van der Waals surface area contributed by atoms with Crippen molar-refractivity contribution in [2.45, 2.75) is 6.92 Å². The summed E-state index contributed by atoms with van der Waals surface area (Å²) in [6, 6.07) is 13.8. The number of amides is 1. The Morgan fingerprint density at radius 2 is 1.80 bits per heavy atom. The van der Waals surface area contributed by atoms with E-state index in [4.69, 9.17) is 4.74 Å². The Kier molecular flexibility index (Phi) is 5.66. The van der Waals surface area contributed by atoms with E-state index in [0.29, 0.717) is 12.4 Å².